The lowest BCUT2D eigenvalue weighted by Crippen LogP contribution is -2.14. The molecule has 1 aromatic carbocycles. The number of hydrogen-bond donors (Lipinski definition) is 2. The van der Waals surface area contributed by atoms with E-state index in [0.717, 1.165) is 10.6 Å². The molecule has 140 valence electrons. The number of furan rings is 1. The van der Waals surface area contributed by atoms with Crippen molar-refractivity contribution >= 4 is 34.5 Å². The van der Waals surface area contributed by atoms with Crippen molar-refractivity contribution in [1.82, 2.24) is 14.8 Å². The molecule has 9 heteroatoms. The highest BCUT2D eigenvalue weighted by Gasteiger charge is 2.14. The van der Waals surface area contributed by atoms with Crippen LogP contribution in [0.1, 0.15) is 21.0 Å². The number of carbonyl (C=O) groups is 2. The van der Waals surface area contributed by atoms with Gasteiger partial charge < -0.3 is 15.1 Å². The summed E-state index contributed by atoms with van der Waals surface area (Å²) in [4.78, 5) is 28.9. The zero-order chi connectivity index (χ0) is 19.5. The molecule has 8 nitrogen and oxygen atoms in total. The first kappa shape index (κ1) is 17.7. The van der Waals surface area contributed by atoms with Crippen LogP contribution in [0.25, 0.3) is 10.6 Å². The highest BCUT2D eigenvalue weighted by atomic mass is 32.1. The van der Waals surface area contributed by atoms with Crippen molar-refractivity contribution in [2.24, 2.45) is 7.05 Å². The molecule has 0 atom stereocenters. The number of amides is 2. The standard InChI is InChI=1S/C19H15N5O3S/c1-24-10-12(9-20-24)19-23-15(11-28-19)17(25)21-13-4-2-5-14(8-13)22-18(26)16-6-3-7-27-16/h2-11H,1H3,(H,21,25)(H,22,26). The molecule has 4 aromatic rings. The van der Waals surface area contributed by atoms with Gasteiger partial charge in [0.05, 0.1) is 12.5 Å². The monoisotopic (exact) mass is 393 g/mol. The predicted octanol–water partition coefficient (Wildman–Crippen LogP) is 3.64. The lowest BCUT2D eigenvalue weighted by atomic mass is 10.2. The fraction of sp³-hybridized carbons (Fsp3) is 0.0526. The van der Waals surface area contributed by atoms with E-state index in [1.54, 1.807) is 52.7 Å². The Morgan fingerprint density at radius 1 is 1.11 bits per heavy atom. The van der Waals surface area contributed by atoms with Crippen molar-refractivity contribution in [2.45, 2.75) is 0 Å². The van der Waals surface area contributed by atoms with Crippen molar-refractivity contribution in [3.05, 3.63) is 71.9 Å². The van der Waals surface area contributed by atoms with Crippen LogP contribution in [0, 0.1) is 0 Å². The van der Waals surface area contributed by atoms with Crippen LogP contribution in [-0.2, 0) is 7.05 Å². The van der Waals surface area contributed by atoms with E-state index in [1.165, 1.54) is 17.6 Å². The Morgan fingerprint density at radius 2 is 1.89 bits per heavy atom. The molecule has 4 rings (SSSR count). The quantitative estimate of drug-likeness (QED) is 0.539. The van der Waals surface area contributed by atoms with E-state index in [0.29, 0.717) is 17.1 Å². The van der Waals surface area contributed by atoms with Crippen LogP contribution in [-0.4, -0.2) is 26.6 Å². The van der Waals surface area contributed by atoms with E-state index in [9.17, 15) is 9.59 Å². The van der Waals surface area contributed by atoms with E-state index in [1.807, 2.05) is 13.2 Å². The zero-order valence-corrected chi connectivity index (χ0v) is 15.6. The molecule has 0 saturated heterocycles. The van der Waals surface area contributed by atoms with Gasteiger partial charge in [0.1, 0.15) is 10.7 Å². The third-order valence-electron chi connectivity index (χ3n) is 3.81. The lowest BCUT2D eigenvalue weighted by molar-refractivity contribution is 0.0994. The molecule has 0 unspecified atom stereocenters. The van der Waals surface area contributed by atoms with E-state index >= 15 is 0 Å². The van der Waals surface area contributed by atoms with Gasteiger partial charge in [-0.3, -0.25) is 14.3 Å². The topological polar surface area (TPSA) is 102 Å². The molecule has 3 aromatic heterocycles. The van der Waals surface area contributed by atoms with Gasteiger partial charge in [0.15, 0.2) is 5.76 Å². The zero-order valence-electron chi connectivity index (χ0n) is 14.7. The summed E-state index contributed by atoms with van der Waals surface area (Å²) < 4.78 is 6.75. The minimum Gasteiger partial charge on any atom is -0.459 e. The van der Waals surface area contributed by atoms with Crippen molar-refractivity contribution in [2.75, 3.05) is 10.6 Å². The molecule has 0 bridgehead atoms. The number of aryl methyl sites for hydroxylation is 1. The van der Waals surface area contributed by atoms with Gasteiger partial charge in [0, 0.05) is 35.6 Å². The molecular weight excluding hydrogens is 378 g/mol. The number of benzene rings is 1. The van der Waals surface area contributed by atoms with Crippen LogP contribution in [0.4, 0.5) is 11.4 Å². The number of aromatic nitrogens is 3. The van der Waals surface area contributed by atoms with Crippen molar-refractivity contribution in [3.8, 4) is 10.6 Å². The van der Waals surface area contributed by atoms with Gasteiger partial charge in [-0.1, -0.05) is 6.07 Å². The van der Waals surface area contributed by atoms with Gasteiger partial charge in [-0.15, -0.1) is 11.3 Å². The molecule has 2 amide bonds. The number of nitrogens with zero attached hydrogens (tertiary/aromatic N) is 3. The van der Waals surface area contributed by atoms with Crippen molar-refractivity contribution in [3.63, 3.8) is 0 Å². The second-order valence-electron chi connectivity index (χ2n) is 5.91. The molecular formula is C19H15N5O3S. The smallest absolute Gasteiger partial charge is 0.291 e. The van der Waals surface area contributed by atoms with Gasteiger partial charge in [-0.25, -0.2) is 4.98 Å². The Balaban J connectivity index is 1.45. The summed E-state index contributed by atoms with van der Waals surface area (Å²) >= 11 is 1.37. The minimum atomic E-state index is -0.367. The van der Waals surface area contributed by atoms with Crippen LogP contribution >= 0.6 is 11.3 Å². The molecule has 2 N–H and O–H groups in total. The minimum absolute atomic E-state index is 0.208. The number of carbonyl (C=O) groups excluding carboxylic acids is 2. The van der Waals surface area contributed by atoms with Crippen molar-refractivity contribution < 1.29 is 14.0 Å². The normalized spacial score (nSPS) is 10.6. The maximum atomic E-state index is 12.5. The summed E-state index contributed by atoms with van der Waals surface area (Å²) in [5.41, 5.74) is 2.25. The van der Waals surface area contributed by atoms with E-state index in [4.69, 9.17) is 4.42 Å². The summed E-state index contributed by atoms with van der Waals surface area (Å²) in [6.45, 7) is 0. The molecule has 0 aliphatic heterocycles. The summed E-state index contributed by atoms with van der Waals surface area (Å²) in [6.07, 6.45) is 4.97. The summed E-state index contributed by atoms with van der Waals surface area (Å²) in [5.74, 6) is -0.491. The Morgan fingerprint density at radius 3 is 2.57 bits per heavy atom. The van der Waals surface area contributed by atoms with Crippen LogP contribution in [0.3, 0.4) is 0 Å². The van der Waals surface area contributed by atoms with Crippen LogP contribution in [0.2, 0.25) is 0 Å². The Bertz CT molecular complexity index is 1130. The maximum absolute atomic E-state index is 12.5. The second kappa shape index (κ2) is 7.49. The average Bonchev–Trinajstić information content (AvgIpc) is 3.43. The Labute approximate surface area is 163 Å². The molecule has 0 fully saturated rings. The molecule has 0 radical (unpaired) electrons. The molecule has 3 heterocycles. The van der Waals surface area contributed by atoms with Gasteiger partial charge >= 0.3 is 0 Å². The van der Waals surface area contributed by atoms with E-state index in [-0.39, 0.29) is 17.6 Å². The molecule has 0 aliphatic rings. The number of rotatable bonds is 5. The first-order valence-corrected chi connectivity index (χ1v) is 9.17. The van der Waals surface area contributed by atoms with Gasteiger partial charge in [-0.2, -0.15) is 5.10 Å². The number of nitrogens with one attached hydrogen (secondary N) is 2. The number of hydrogen-bond acceptors (Lipinski definition) is 6. The summed E-state index contributed by atoms with van der Waals surface area (Å²) in [6, 6.07) is 10.1. The molecule has 28 heavy (non-hydrogen) atoms. The fourth-order valence-electron chi connectivity index (χ4n) is 2.51. The molecule has 0 spiro atoms. The lowest BCUT2D eigenvalue weighted by Gasteiger charge is -2.07. The first-order chi connectivity index (χ1) is 13.6. The third-order valence-corrected chi connectivity index (χ3v) is 4.70. The van der Waals surface area contributed by atoms with E-state index in [2.05, 4.69) is 20.7 Å². The highest BCUT2D eigenvalue weighted by Crippen LogP contribution is 2.24. The molecule has 0 aliphatic carbocycles. The van der Waals surface area contributed by atoms with Crippen molar-refractivity contribution in [1.29, 1.82) is 0 Å². The van der Waals surface area contributed by atoms with Crippen LogP contribution in [0.15, 0.2) is 64.9 Å². The third kappa shape index (κ3) is 3.84. The predicted molar refractivity (Wildman–Crippen MR) is 105 cm³/mol. The van der Waals surface area contributed by atoms with Gasteiger partial charge in [-0.05, 0) is 30.3 Å². The molecule has 0 saturated carbocycles. The van der Waals surface area contributed by atoms with Crippen LogP contribution < -0.4 is 10.6 Å². The number of anilines is 2. The summed E-state index contributed by atoms with van der Waals surface area (Å²) in [7, 11) is 1.82. The summed E-state index contributed by atoms with van der Waals surface area (Å²) in [5, 5.41) is 12.0. The van der Waals surface area contributed by atoms with Gasteiger partial charge in [0.25, 0.3) is 11.8 Å². The number of thiazole rings is 1. The SMILES string of the molecule is Cn1cc(-c2nc(C(=O)Nc3cccc(NC(=O)c4ccco4)c3)cs2)cn1. The highest BCUT2D eigenvalue weighted by molar-refractivity contribution is 7.13. The Hall–Kier alpha value is -3.72. The van der Waals surface area contributed by atoms with Gasteiger partial charge in [0.2, 0.25) is 0 Å². The van der Waals surface area contributed by atoms with Crippen LogP contribution in [0.5, 0.6) is 0 Å². The van der Waals surface area contributed by atoms with E-state index < -0.39 is 0 Å². The average molecular weight is 393 g/mol. The fourth-order valence-corrected chi connectivity index (χ4v) is 3.29. The first-order valence-electron chi connectivity index (χ1n) is 8.29. The second-order valence-corrected chi connectivity index (χ2v) is 6.77. The largest absolute Gasteiger partial charge is 0.459 e. The maximum Gasteiger partial charge on any atom is 0.291 e. The Kier molecular flexibility index (Phi) is 4.73.